The number of fused-ring (bicyclic) bond motifs is 7. The Morgan fingerprint density at radius 1 is 1.42 bits per heavy atom. The summed E-state index contributed by atoms with van der Waals surface area (Å²) in [6, 6.07) is 0.0544. The fraction of sp³-hybridized carbons (Fsp3) is 0.760. The van der Waals surface area contributed by atoms with Gasteiger partial charge in [0.2, 0.25) is 0 Å². The SMILES string of the molecule is [2H]C1=CC(=O)C([2H])=C2CC[C@@H]3[C@H]([C@@H](O)C[C@@]4(C)[C@H]3C[C@H]3OC([2H])(CCC)O[C@]34C(=O)CO)[C@@]12C. The zero-order valence-electron chi connectivity index (χ0n) is 21.4. The fourth-order valence-electron chi connectivity index (χ4n) is 7.75. The first kappa shape index (κ1) is 18.1. The highest BCUT2D eigenvalue weighted by molar-refractivity contribution is 6.01. The number of Topliss-reactive ketones (excluding diaryl/α,β-unsaturated/α-hetero) is 1. The molecular formula is C25H34O6. The van der Waals surface area contributed by atoms with Crippen molar-refractivity contribution in [2.75, 3.05) is 6.61 Å². The van der Waals surface area contributed by atoms with Crippen molar-refractivity contribution in [3.63, 3.8) is 0 Å². The molecule has 4 fully saturated rings. The largest absolute Gasteiger partial charge is 0.393 e. The van der Waals surface area contributed by atoms with Crippen LogP contribution in [-0.2, 0) is 19.1 Å². The van der Waals surface area contributed by atoms with Crippen molar-refractivity contribution in [1.82, 2.24) is 0 Å². The van der Waals surface area contributed by atoms with Crippen molar-refractivity contribution in [2.24, 2.45) is 28.6 Å². The normalized spacial score (nSPS) is 54.7. The van der Waals surface area contributed by atoms with Crippen LogP contribution in [0.25, 0.3) is 0 Å². The van der Waals surface area contributed by atoms with E-state index in [2.05, 4.69) is 0 Å². The number of rotatable bonds is 4. The summed E-state index contributed by atoms with van der Waals surface area (Å²) >= 11 is 0. The van der Waals surface area contributed by atoms with E-state index in [1.165, 1.54) is 6.08 Å². The van der Waals surface area contributed by atoms with Crippen LogP contribution < -0.4 is 0 Å². The molecule has 1 heterocycles. The van der Waals surface area contributed by atoms with Crippen LogP contribution in [0.4, 0.5) is 0 Å². The van der Waals surface area contributed by atoms with E-state index in [-0.39, 0.29) is 36.3 Å². The predicted molar refractivity (Wildman–Crippen MR) is 113 cm³/mol. The second-order valence-corrected chi connectivity index (χ2v) is 10.4. The fourth-order valence-corrected chi connectivity index (χ4v) is 7.75. The van der Waals surface area contributed by atoms with Crippen molar-refractivity contribution in [1.29, 1.82) is 0 Å². The number of ketones is 2. The highest BCUT2D eigenvalue weighted by Crippen LogP contribution is 2.69. The van der Waals surface area contributed by atoms with Crippen LogP contribution >= 0.6 is 0 Å². The van der Waals surface area contributed by atoms with Crippen LogP contribution in [-0.4, -0.2) is 52.5 Å². The van der Waals surface area contributed by atoms with Gasteiger partial charge in [-0.05, 0) is 56.1 Å². The number of ether oxygens (including phenoxy) is 2. The smallest absolute Gasteiger partial charge is 0.193 e. The van der Waals surface area contributed by atoms with Gasteiger partial charge in [-0.1, -0.05) is 38.8 Å². The first-order valence-corrected chi connectivity index (χ1v) is 11.5. The number of allylic oxidation sites excluding steroid dienone is 4. The molecular weight excluding hydrogens is 396 g/mol. The van der Waals surface area contributed by atoms with Gasteiger partial charge in [0.25, 0.3) is 0 Å². The second kappa shape index (κ2) is 7.08. The summed E-state index contributed by atoms with van der Waals surface area (Å²) in [7, 11) is 0. The molecule has 6 nitrogen and oxygen atoms in total. The summed E-state index contributed by atoms with van der Waals surface area (Å²) < 4.78 is 38.0. The maximum absolute atomic E-state index is 13.3. The molecule has 0 spiro atoms. The standard InChI is InChI=1S/C25H34O6/c1-4-5-21-30-20-11-17-16-7-6-14-10-15(27)8-9-23(14,2)22(16)18(28)12-24(17,3)25(20,31-21)19(29)13-26/h8-10,16-18,20-22,26,28H,4-7,11-13H2,1-3H3/t16-,17-,18-,20+,21?,22+,23-,24-,25+/m0/s1/i9D,10D,21D. The average molecular weight is 434 g/mol. The summed E-state index contributed by atoms with van der Waals surface area (Å²) in [6.07, 6.45) is 0.577. The Morgan fingerprint density at radius 3 is 2.90 bits per heavy atom. The second-order valence-electron chi connectivity index (χ2n) is 10.4. The lowest BCUT2D eigenvalue weighted by Gasteiger charge is -2.59. The van der Waals surface area contributed by atoms with E-state index in [1.54, 1.807) is 0 Å². The van der Waals surface area contributed by atoms with Gasteiger partial charge in [0, 0.05) is 16.7 Å². The van der Waals surface area contributed by atoms with E-state index in [0.29, 0.717) is 37.7 Å². The maximum Gasteiger partial charge on any atom is 0.193 e. The number of aliphatic hydroxyl groups is 2. The van der Waals surface area contributed by atoms with Gasteiger partial charge in [0.1, 0.15) is 6.61 Å². The quantitative estimate of drug-likeness (QED) is 0.708. The van der Waals surface area contributed by atoms with Crippen molar-refractivity contribution < 1.29 is 33.4 Å². The van der Waals surface area contributed by atoms with Crippen LogP contribution in [0, 0.1) is 28.6 Å². The minimum atomic E-state index is -1.67. The Hall–Kier alpha value is -1.34. The van der Waals surface area contributed by atoms with E-state index < -0.39 is 53.1 Å². The molecule has 0 aromatic carbocycles. The van der Waals surface area contributed by atoms with E-state index in [9.17, 15) is 19.8 Å². The maximum atomic E-state index is 13.3. The molecule has 1 unspecified atom stereocenters. The van der Waals surface area contributed by atoms with Crippen LogP contribution in [0.3, 0.4) is 0 Å². The van der Waals surface area contributed by atoms with E-state index >= 15 is 0 Å². The minimum Gasteiger partial charge on any atom is -0.393 e. The van der Waals surface area contributed by atoms with Crippen molar-refractivity contribution in [3.05, 3.63) is 23.8 Å². The zero-order valence-corrected chi connectivity index (χ0v) is 18.4. The number of hydrogen-bond acceptors (Lipinski definition) is 6. The van der Waals surface area contributed by atoms with Crippen LogP contribution in [0.1, 0.15) is 63.4 Å². The summed E-state index contributed by atoms with van der Waals surface area (Å²) in [5.41, 5.74) is -2.70. The van der Waals surface area contributed by atoms with Crippen LogP contribution in [0.2, 0.25) is 0 Å². The van der Waals surface area contributed by atoms with Crippen LogP contribution in [0.5, 0.6) is 0 Å². The zero-order chi connectivity index (χ0) is 24.8. The molecule has 0 amide bonds. The molecule has 2 N–H and O–H groups in total. The molecule has 5 aliphatic rings. The molecule has 170 valence electrons. The lowest BCUT2D eigenvalue weighted by atomic mass is 9.46. The van der Waals surface area contributed by atoms with E-state index in [0.717, 1.165) is 0 Å². The Labute approximate surface area is 187 Å². The van der Waals surface area contributed by atoms with Gasteiger partial charge in [-0.3, -0.25) is 9.59 Å². The van der Waals surface area contributed by atoms with Gasteiger partial charge in [-0.25, -0.2) is 0 Å². The minimum absolute atomic E-state index is 0.0714. The first-order chi connectivity index (χ1) is 15.9. The van der Waals surface area contributed by atoms with Gasteiger partial charge in [0.15, 0.2) is 23.4 Å². The van der Waals surface area contributed by atoms with Gasteiger partial charge in [0.05, 0.1) is 16.3 Å². The molecule has 5 rings (SSSR count). The van der Waals surface area contributed by atoms with Crippen molar-refractivity contribution >= 4 is 11.6 Å². The highest BCUT2D eigenvalue weighted by atomic mass is 16.7. The third-order valence-electron chi connectivity index (χ3n) is 8.97. The number of hydrogen-bond donors (Lipinski definition) is 2. The van der Waals surface area contributed by atoms with E-state index in [4.69, 9.17) is 13.6 Å². The Bertz CT molecular complexity index is 1010. The Kier molecular flexibility index (Phi) is 4.14. The summed E-state index contributed by atoms with van der Waals surface area (Å²) in [6.45, 7) is 4.95. The molecule has 0 bridgehead atoms. The highest BCUT2D eigenvalue weighted by Gasteiger charge is 2.75. The Morgan fingerprint density at radius 2 is 2.19 bits per heavy atom. The van der Waals surface area contributed by atoms with E-state index in [1.807, 2.05) is 20.8 Å². The van der Waals surface area contributed by atoms with Gasteiger partial charge in [-0.15, -0.1) is 0 Å². The molecule has 4 aliphatic carbocycles. The number of aliphatic hydroxyl groups excluding tert-OH is 2. The monoisotopic (exact) mass is 433 g/mol. The molecule has 6 heteroatoms. The molecule has 3 saturated carbocycles. The molecule has 31 heavy (non-hydrogen) atoms. The lowest BCUT2D eigenvalue weighted by Crippen LogP contribution is -2.63. The number of carbonyl (C=O) groups excluding carboxylic acids is 2. The van der Waals surface area contributed by atoms with Crippen molar-refractivity contribution in [3.8, 4) is 0 Å². The van der Waals surface area contributed by atoms with Gasteiger partial charge in [-0.2, -0.15) is 0 Å². The summed E-state index contributed by atoms with van der Waals surface area (Å²) in [4.78, 5) is 25.6. The van der Waals surface area contributed by atoms with Gasteiger partial charge < -0.3 is 19.7 Å². The Balaban J connectivity index is 1.60. The summed E-state index contributed by atoms with van der Waals surface area (Å²) in [5.74, 6) is -1.56. The third kappa shape index (κ3) is 2.65. The van der Waals surface area contributed by atoms with Crippen LogP contribution in [0.15, 0.2) is 23.8 Å². The van der Waals surface area contributed by atoms with Crippen molar-refractivity contribution in [2.45, 2.75) is 83.4 Å². The molecule has 9 atom stereocenters. The topological polar surface area (TPSA) is 93.1 Å². The average Bonchev–Trinajstić information content (AvgIpc) is 3.19. The summed E-state index contributed by atoms with van der Waals surface area (Å²) in [5, 5.41) is 21.5. The third-order valence-corrected chi connectivity index (χ3v) is 8.97. The molecule has 0 aromatic rings. The molecule has 0 aromatic heterocycles. The molecule has 1 saturated heterocycles. The predicted octanol–water partition coefficient (Wildman–Crippen LogP) is 2.72. The lowest BCUT2D eigenvalue weighted by molar-refractivity contribution is -0.200. The number of carbonyl (C=O) groups is 2. The van der Waals surface area contributed by atoms with Gasteiger partial charge >= 0.3 is 0 Å². The molecule has 0 radical (unpaired) electrons. The molecule has 1 aliphatic heterocycles. The first-order valence-electron chi connectivity index (χ1n) is 13.0.